The summed E-state index contributed by atoms with van der Waals surface area (Å²) < 4.78 is 1.54. The van der Waals surface area contributed by atoms with Crippen LogP contribution in [0.1, 0.15) is 31.7 Å². The van der Waals surface area contributed by atoms with Gasteiger partial charge in [0.1, 0.15) is 5.82 Å². The first-order valence-corrected chi connectivity index (χ1v) is 12.1. The minimum absolute atomic E-state index is 0. The van der Waals surface area contributed by atoms with E-state index < -0.39 is 0 Å². The second-order valence-electron chi connectivity index (χ2n) is 8.90. The van der Waals surface area contributed by atoms with E-state index in [2.05, 4.69) is 41.8 Å². The van der Waals surface area contributed by atoms with E-state index in [0.717, 1.165) is 38.2 Å². The van der Waals surface area contributed by atoms with Crippen LogP contribution in [0.5, 0.6) is 0 Å². The molecule has 0 saturated carbocycles. The average Bonchev–Trinajstić information content (AvgIpc) is 2.84. The molecule has 8 nitrogen and oxygen atoms in total. The minimum Gasteiger partial charge on any atom is -0.699 e. The fourth-order valence-electron chi connectivity index (χ4n) is 4.11. The van der Waals surface area contributed by atoms with Crippen molar-refractivity contribution in [2.75, 3.05) is 39.8 Å². The van der Waals surface area contributed by atoms with E-state index in [4.69, 9.17) is 11.5 Å². The van der Waals surface area contributed by atoms with Gasteiger partial charge in [-0.15, -0.1) is 11.4 Å². The van der Waals surface area contributed by atoms with Crippen LogP contribution in [0.2, 0.25) is 0 Å². The Hall–Kier alpha value is -2.10. The molecule has 0 atom stereocenters. The van der Waals surface area contributed by atoms with Crippen LogP contribution >= 0.6 is 0 Å². The summed E-state index contributed by atoms with van der Waals surface area (Å²) in [5, 5.41) is 9.73. The van der Waals surface area contributed by atoms with Crippen LogP contribution in [0.25, 0.3) is 27.9 Å². The Morgan fingerprint density at radius 2 is 1.78 bits per heavy atom. The summed E-state index contributed by atoms with van der Waals surface area (Å²) in [7, 11) is 2.10. The van der Waals surface area contributed by atoms with Crippen LogP contribution in [0.15, 0.2) is 53.3 Å². The zero-order valence-electron chi connectivity index (χ0n) is 21.5. The summed E-state index contributed by atoms with van der Waals surface area (Å²) in [6.45, 7) is 8.80. The van der Waals surface area contributed by atoms with E-state index >= 15 is 0 Å². The number of allylic oxidation sites excluding steroid dienone is 2. The van der Waals surface area contributed by atoms with Crippen molar-refractivity contribution in [3.63, 3.8) is 0 Å². The van der Waals surface area contributed by atoms with E-state index in [1.807, 2.05) is 18.2 Å². The molecule has 2 aromatic carbocycles. The third-order valence-corrected chi connectivity index (χ3v) is 6.15. The number of piperazine rings is 1. The summed E-state index contributed by atoms with van der Waals surface area (Å²) in [5.41, 5.74) is 18.8. The summed E-state index contributed by atoms with van der Waals surface area (Å²) in [6.07, 6.45) is 3.23. The molecule has 1 aliphatic heterocycles. The van der Waals surface area contributed by atoms with Crippen molar-refractivity contribution in [1.82, 2.24) is 19.4 Å². The van der Waals surface area contributed by atoms with Crippen molar-refractivity contribution >= 4 is 27.9 Å². The number of aliphatic hydroxyl groups excluding tert-OH is 1. The first-order valence-electron chi connectivity index (χ1n) is 12.1. The maximum atomic E-state index is 12.7. The molecule has 0 amide bonds. The molecule has 0 spiro atoms. The fourth-order valence-corrected chi connectivity index (χ4v) is 4.11. The van der Waals surface area contributed by atoms with Crippen molar-refractivity contribution in [2.45, 2.75) is 33.4 Å². The van der Waals surface area contributed by atoms with Gasteiger partial charge in [0, 0.05) is 58.9 Å². The Bertz CT molecular complexity index is 1220. The quantitative estimate of drug-likeness (QED) is 0.453. The fraction of sp³-hybridized carbons (Fsp3) is 0.407. The van der Waals surface area contributed by atoms with E-state index in [0.29, 0.717) is 34.6 Å². The molecule has 2 heterocycles. The van der Waals surface area contributed by atoms with Gasteiger partial charge >= 0.3 is 0 Å². The van der Waals surface area contributed by atoms with Gasteiger partial charge in [-0.2, -0.15) is 0 Å². The van der Waals surface area contributed by atoms with Gasteiger partial charge in [-0.25, -0.2) is 4.98 Å². The molecule has 1 saturated heterocycles. The number of nitrogens with zero attached hydrogens (tertiary/aromatic N) is 4. The molecule has 1 aromatic heterocycles. The van der Waals surface area contributed by atoms with Crippen molar-refractivity contribution in [3.05, 3.63) is 81.7 Å². The number of aromatic nitrogens is 2. The topological polar surface area (TPSA) is 109 Å². The van der Waals surface area contributed by atoms with Gasteiger partial charge in [0.2, 0.25) is 0 Å². The van der Waals surface area contributed by atoms with Crippen LogP contribution in [0, 0.1) is 0 Å². The zero-order chi connectivity index (χ0) is 25.4. The second-order valence-corrected chi connectivity index (χ2v) is 8.90. The monoisotopic (exact) mass is 565 g/mol. The number of nitrogens with one attached hydrogen (secondary N) is 2. The van der Waals surface area contributed by atoms with Crippen LogP contribution < -0.4 is 5.56 Å². The van der Waals surface area contributed by atoms with Crippen molar-refractivity contribution in [2.24, 2.45) is 0 Å². The third kappa shape index (κ3) is 8.21. The second kappa shape index (κ2) is 14.6. The maximum Gasteiger partial charge on any atom is 0.261 e. The molecule has 0 bridgehead atoms. The number of hydrogen-bond acceptors (Lipinski definition) is 5. The minimum atomic E-state index is -0.178. The van der Waals surface area contributed by atoms with Gasteiger partial charge in [0.25, 0.3) is 5.56 Å². The standard InChI is InChI=1S/C16H22N5O2.C11H14N.Y/c1-19-4-6-20(7-5-19)11-15-18-14-3-2-12(17)10-13(14)16(23)21(15)8-9-22;1-3-5-9(2)10-6-4-7-11(12)8-10;/h2-3,10,17,22H,4-9,11H2,1H3;4-8,12H,3H2,1-2H3;/q2*-1;/b;9-5-;. The van der Waals surface area contributed by atoms with E-state index in [-0.39, 0.29) is 51.4 Å². The molecule has 1 radical (unpaired) electrons. The molecule has 0 unspecified atom stereocenters. The summed E-state index contributed by atoms with van der Waals surface area (Å²) in [4.78, 5) is 21.9. The first kappa shape index (κ1) is 30.1. The SMILES string of the molecule is CC/C=C(/C)c1cccc([NH-])c1.CN1CCN(Cc2nc3ccc([NH-])cc3c(=O)n2CCO)CC1.[Y]. The van der Waals surface area contributed by atoms with Gasteiger partial charge < -0.3 is 21.5 Å². The predicted octanol–water partition coefficient (Wildman–Crippen LogP) is 5.00. The molecule has 9 heteroatoms. The van der Waals surface area contributed by atoms with Gasteiger partial charge in [-0.1, -0.05) is 49.4 Å². The molecule has 0 aliphatic carbocycles. The summed E-state index contributed by atoms with van der Waals surface area (Å²) in [6, 6.07) is 12.5. The van der Waals surface area contributed by atoms with Crippen LogP contribution in [-0.4, -0.2) is 64.3 Å². The molecule has 3 N–H and O–H groups in total. The van der Waals surface area contributed by atoms with E-state index in [1.54, 1.807) is 22.8 Å². The Morgan fingerprint density at radius 3 is 2.42 bits per heavy atom. The largest absolute Gasteiger partial charge is 0.699 e. The third-order valence-electron chi connectivity index (χ3n) is 6.15. The Labute approximate surface area is 238 Å². The van der Waals surface area contributed by atoms with Gasteiger partial charge in [0.15, 0.2) is 0 Å². The molecule has 191 valence electrons. The number of aliphatic hydroxyl groups is 1. The normalized spacial score (nSPS) is 14.7. The van der Waals surface area contributed by atoms with E-state index in [1.165, 1.54) is 11.6 Å². The molecular weight excluding hydrogens is 529 g/mol. The number of benzene rings is 2. The van der Waals surface area contributed by atoms with Crippen LogP contribution in [-0.2, 0) is 45.8 Å². The summed E-state index contributed by atoms with van der Waals surface area (Å²) >= 11 is 0. The molecule has 1 aliphatic rings. The number of fused-ring (bicyclic) bond motifs is 1. The van der Waals surface area contributed by atoms with Gasteiger partial charge in [-0.3, -0.25) is 14.3 Å². The zero-order valence-corrected chi connectivity index (χ0v) is 24.3. The van der Waals surface area contributed by atoms with Gasteiger partial charge in [-0.05, 0) is 37.6 Å². The predicted molar refractivity (Wildman–Crippen MR) is 144 cm³/mol. The Kier molecular flexibility index (Phi) is 12.2. The van der Waals surface area contributed by atoms with E-state index in [9.17, 15) is 9.90 Å². The molecule has 36 heavy (non-hydrogen) atoms. The number of hydrogen-bond donors (Lipinski definition) is 1. The van der Waals surface area contributed by atoms with Crippen LogP contribution in [0.3, 0.4) is 0 Å². The maximum absolute atomic E-state index is 12.7. The smallest absolute Gasteiger partial charge is 0.261 e. The van der Waals surface area contributed by atoms with Crippen LogP contribution in [0.4, 0.5) is 11.4 Å². The number of likely N-dealkylation sites (N-methyl/N-ethyl adjacent to an activating group) is 1. The average molecular weight is 566 g/mol. The molecule has 1 fully saturated rings. The molecule has 3 aromatic rings. The van der Waals surface area contributed by atoms with Gasteiger partial charge in [0.05, 0.1) is 30.6 Å². The molecule has 4 rings (SSSR count). The number of rotatable bonds is 6. The van der Waals surface area contributed by atoms with Crippen molar-refractivity contribution in [3.8, 4) is 0 Å². The molecular formula is C27H36N6O2Y-2. The summed E-state index contributed by atoms with van der Waals surface area (Å²) in [5.74, 6) is 0.679. The Morgan fingerprint density at radius 1 is 1.08 bits per heavy atom. The Balaban J connectivity index is 0.000000299. The first-order chi connectivity index (χ1) is 16.8. The van der Waals surface area contributed by atoms with Crippen molar-refractivity contribution in [1.29, 1.82) is 0 Å². The van der Waals surface area contributed by atoms with Crippen molar-refractivity contribution < 1.29 is 37.8 Å².